The van der Waals surface area contributed by atoms with E-state index >= 15 is 0 Å². The molecular formula is C26H18Br2Cl2N6O2. The molecule has 2 aliphatic heterocycles. The molecule has 0 spiro atoms. The Kier molecular flexibility index (Phi) is 6.67. The first kappa shape index (κ1) is 25.4. The topological polar surface area (TPSA) is 90.5 Å². The number of hydrazine groups is 2. The summed E-state index contributed by atoms with van der Waals surface area (Å²) >= 11 is 19.6. The van der Waals surface area contributed by atoms with Crippen LogP contribution in [0.15, 0.2) is 81.7 Å². The average Bonchev–Trinajstić information content (AvgIpc) is 2.94. The third-order valence-electron chi connectivity index (χ3n) is 6.62. The van der Waals surface area contributed by atoms with Crippen molar-refractivity contribution in [3.05, 3.63) is 92.9 Å². The van der Waals surface area contributed by atoms with E-state index in [1.807, 2.05) is 72.8 Å². The zero-order valence-electron chi connectivity index (χ0n) is 19.4. The number of hydrogen-bond acceptors (Lipinski definition) is 6. The van der Waals surface area contributed by atoms with Crippen molar-refractivity contribution in [1.29, 1.82) is 0 Å². The van der Waals surface area contributed by atoms with Crippen molar-refractivity contribution in [2.45, 2.75) is 22.8 Å². The fourth-order valence-electron chi connectivity index (χ4n) is 4.61. The Morgan fingerprint density at radius 2 is 1.00 bits per heavy atom. The molecule has 12 heteroatoms. The molecule has 0 aliphatic carbocycles. The zero-order valence-corrected chi connectivity index (χ0v) is 24.0. The maximum absolute atomic E-state index is 12.7. The minimum Gasteiger partial charge on any atom is -0.277 e. The number of carbonyl (C=O) groups excluding carboxylic acids is 2. The first-order valence-corrected chi connectivity index (χ1v) is 14.0. The van der Waals surface area contributed by atoms with E-state index < -0.39 is 10.8 Å². The van der Waals surface area contributed by atoms with Gasteiger partial charge in [-0.3, -0.25) is 20.4 Å². The summed E-state index contributed by atoms with van der Waals surface area (Å²) < 4.78 is 1.86. The molecule has 0 bridgehead atoms. The minimum atomic E-state index is -0.694. The highest BCUT2D eigenvalue weighted by Crippen LogP contribution is 2.41. The van der Waals surface area contributed by atoms with Gasteiger partial charge >= 0.3 is 0 Å². The Morgan fingerprint density at radius 3 is 1.37 bits per heavy atom. The number of aromatic nitrogens is 2. The van der Waals surface area contributed by atoms with Crippen LogP contribution in [0.1, 0.15) is 23.2 Å². The summed E-state index contributed by atoms with van der Waals surface area (Å²) in [7, 11) is 0. The second kappa shape index (κ2) is 10.00. The van der Waals surface area contributed by atoms with E-state index in [1.165, 1.54) is 10.0 Å². The standard InChI is InChI=1S/C26H18Br2Cl2N6O2/c27-15-9-5-13(6-10-15)21-19(29)25(37)35(21)33-23-17-3-1-2-4-18(17)24(32-31-23)34-36-22(20(30)26(36)38)14-7-11-16(28)12-8-14/h1-12,19-22H,(H,31,33)(H,32,34). The lowest BCUT2D eigenvalue weighted by Crippen LogP contribution is -2.59. The maximum Gasteiger partial charge on any atom is 0.262 e. The van der Waals surface area contributed by atoms with Crippen LogP contribution in [0, 0.1) is 0 Å². The van der Waals surface area contributed by atoms with Gasteiger partial charge in [0.1, 0.15) is 22.8 Å². The number of amides is 2. The molecule has 4 unspecified atom stereocenters. The van der Waals surface area contributed by atoms with Gasteiger partial charge in [0.05, 0.1) is 0 Å². The molecule has 4 aromatic rings. The molecule has 1 aromatic heterocycles. The Morgan fingerprint density at radius 1 is 0.632 bits per heavy atom. The quantitative estimate of drug-likeness (QED) is 0.187. The highest BCUT2D eigenvalue weighted by atomic mass is 79.9. The number of β-lactam (4-membered cyclic amide) rings is 2. The Bertz CT molecular complexity index is 1440. The van der Waals surface area contributed by atoms with Crippen molar-refractivity contribution in [1.82, 2.24) is 20.2 Å². The summed E-state index contributed by atoms with van der Waals surface area (Å²) in [4.78, 5) is 25.3. The Hall–Kier alpha value is -2.92. The fourth-order valence-corrected chi connectivity index (χ4v) is 5.87. The summed E-state index contributed by atoms with van der Waals surface area (Å²) in [5, 5.41) is 11.7. The molecule has 6 rings (SSSR count). The molecule has 2 amide bonds. The van der Waals surface area contributed by atoms with E-state index in [0.29, 0.717) is 22.4 Å². The van der Waals surface area contributed by atoms with Gasteiger partial charge in [-0.15, -0.1) is 33.4 Å². The molecule has 4 atom stereocenters. The summed E-state index contributed by atoms with van der Waals surface area (Å²) in [6.07, 6.45) is 0. The lowest BCUT2D eigenvalue weighted by Gasteiger charge is -2.45. The monoisotopic (exact) mass is 674 g/mol. The number of rotatable bonds is 6. The molecule has 2 N–H and O–H groups in total. The molecule has 0 radical (unpaired) electrons. The van der Waals surface area contributed by atoms with Gasteiger partial charge in [0.2, 0.25) is 0 Å². The molecule has 3 aromatic carbocycles. The van der Waals surface area contributed by atoms with Gasteiger partial charge in [0.25, 0.3) is 11.8 Å². The van der Waals surface area contributed by atoms with E-state index in [2.05, 4.69) is 52.9 Å². The van der Waals surface area contributed by atoms with Crippen LogP contribution in [-0.2, 0) is 9.59 Å². The lowest BCUT2D eigenvalue weighted by atomic mass is 9.95. The number of nitrogens with zero attached hydrogens (tertiary/aromatic N) is 4. The van der Waals surface area contributed by atoms with Gasteiger partial charge in [-0.1, -0.05) is 80.4 Å². The van der Waals surface area contributed by atoms with Crippen LogP contribution in [0.25, 0.3) is 10.8 Å². The molecule has 3 heterocycles. The first-order chi connectivity index (χ1) is 18.3. The molecule has 192 valence electrons. The maximum atomic E-state index is 12.7. The van der Waals surface area contributed by atoms with Gasteiger partial charge in [-0.05, 0) is 35.4 Å². The van der Waals surface area contributed by atoms with Crippen LogP contribution in [0.4, 0.5) is 11.6 Å². The van der Waals surface area contributed by atoms with Crippen LogP contribution in [0.5, 0.6) is 0 Å². The third-order valence-corrected chi connectivity index (χ3v) is 8.53. The second-order valence-electron chi connectivity index (χ2n) is 8.88. The summed E-state index contributed by atoms with van der Waals surface area (Å²) in [5.41, 5.74) is 8.00. The van der Waals surface area contributed by atoms with Gasteiger partial charge in [-0.25, -0.2) is 10.0 Å². The number of hydrogen-bond donors (Lipinski definition) is 2. The predicted molar refractivity (Wildman–Crippen MR) is 154 cm³/mol. The fraction of sp³-hybridized carbons (Fsp3) is 0.154. The molecular weight excluding hydrogens is 659 g/mol. The smallest absolute Gasteiger partial charge is 0.262 e. The number of alkyl halides is 2. The molecule has 2 fully saturated rings. The van der Waals surface area contributed by atoms with Crippen LogP contribution in [0.3, 0.4) is 0 Å². The van der Waals surface area contributed by atoms with Gasteiger partial charge in [0.15, 0.2) is 11.6 Å². The average molecular weight is 677 g/mol. The van der Waals surface area contributed by atoms with Crippen molar-refractivity contribution < 1.29 is 9.59 Å². The van der Waals surface area contributed by atoms with Crippen LogP contribution in [0.2, 0.25) is 0 Å². The van der Waals surface area contributed by atoms with Crippen molar-refractivity contribution in [3.63, 3.8) is 0 Å². The normalized spacial score (nSPS) is 22.7. The van der Waals surface area contributed by atoms with Crippen molar-refractivity contribution in [2.75, 3.05) is 10.9 Å². The molecule has 2 saturated heterocycles. The largest absolute Gasteiger partial charge is 0.277 e. The number of halogens is 4. The summed E-state index contributed by atoms with van der Waals surface area (Å²) in [5.74, 6) is 0.258. The van der Waals surface area contributed by atoms with Crippen molar-refractivity contribution in [3.8, 4) is 0 Å². The number of carbonyl (C=O) groups is 2. The second-order valence-corrected chi connectivity index (χ2v) is 11.7. The molecule has 38 heavy (non-hydrogen) atoms. The SMILES string of the molecule is O=C1C(Cl)C(c2ccc(Br)cc2)N1Nc1nnc(NN2C(=O)C(Cl)C2c2ccc(Br)cc2)c2ccccc12. The Balaban J connectivity index is 1.29. The molecule has 0 saturated carbocycles. The van der Waals surface area contributed by atoms with Crippen LogP contribution >= 0.6 is 55.1 Å². The summed E-state index contributed by atoms with van der Waals surface area (Å²) in [6, 6.07) is 22.0. The summed E-state index contributed by atoms with van der Waals surface area (Å²) in [6.45, 7) is 0. The van der Waals surface area contributed by atoms with E-state index in [0.717, 1.165) is 20.1 Å². The minimum absolute atomic E-state index is 0.260. The number of benzene rings is 3. The number of anilines is 2. The zero-order chi connectivity index (χ0) is 26.6. The van der Waals surface area contributed by atoms with E-state index in [-0.39, 0.29) is 23.9 Å². The van der Waals surface area contributed by atoms with E-state index in [1.54, 1.807) is 0 Å². The van der Waals surface area contributed by atoms with Crippen molar-refractivity contribution in [2.24, 2.45) is 0 Å². The molecule has 8 nitrogen and oxygen atoms in total. The first-order valence-electron chi connectivity index (χ1n) is 11.6. The molecule has 2 aliphatic rings. The van der Waals surface area contributed by atoms with E-state index in [4.69, 9.17) is 23.2 Å². The highest BCUT2D eigenvalue weighted by Gasteiger charge is 2.49. The van der Waals surface area contributed by atoms with Gasteiger partial charge < -0.3 is 0 Å². The van der Waals surface area contributed by atoms with Crippen LogP contribution in [-0.4, -0.2) is 42.8 Å². The predicted octanol–water partition coefficient (Wildman–Crippen LogP) is 6.19. The Labute approximate surface area is 244 Å². The highest BCUT2D eigenvalue weighted by molar-refractivity contribution is 9.10. The van der Waals surface area contributed by atoms with Gasteiger partial charge in [0, 0.05) is 19.7 Å². The van der Waals surface area contributed by atoms with Gasteiger partial charge in [-0.2, -0.15) is 0 Å². The third kappa shape index (κ3) is 4.29. The number of fused-ring (bicyclic) bond motifs is 1. The van der Waals surface area contributed by atoms with Crippen LogP contribution < -0.4 is 10.9 Å². The van der Waals surface area contributed by atoms with E-state index in [9.17, 15) is 9.59 Å². The van der Waals surface area contributed by atoms with Crippen molar-refractivity contribution >= 4 is 89.3 Å². The lowest BCUT2D eigenvalue weighted by molar-refractivity contribution is -0.143. The number of nitrogens with one attached hydrogen (secondary N) is 2.